The van der Waals surface area contributed by atoms with Crippen LogP contribution in [0.4, 0.5) is 16.2 Å². The van der Waals surface area contributed by atoms with Gasteiger partial charge in [-0.15, -0.1) is 0 Å². The number of carbonyl (C=O) groups excluding carboxylic acids is 1. The van der Waals surface area contributed by atoms with Crippen LogP contribution in [0.1, 0.15) is 31.9 Å². The van der Waals surface area contributed by atoms with E-state index in [1.165, 1.54) is 0 Å². The number of ether oxygens (including phenoxy) is 1. The highest BCUT2D eigenvalue weighted by Crippen LogP contribution is 2.19. The molecule has 0 aliphatic rings. The summed E-state index contributed by atoms with van der Waals surface area (Å²) < 4.78 is 5.22. The maximum atomic E-state index is 11.7. The fourth-order valence-electron chi connectivity index (χ4n) is 2.29. The van der Waals surface area contributed by atoms with Crippen LogP contribution in [-0.2, 0) is 22.5 Å². The predicted molar refractivity (Wildman–Crippen MR) is 101 cm³/mol. The van der Waals surface area contributed by atoms with Crippen molar-refractivity contribution < 1.29 is 19.4 Å². The molecule has 0 aliphatic carbocycles. The summed E-state index contributed by atoms with van der Waals surface area (Å²) in [6.45, 7) is 5.82. The zero-order valence-corrected chi connectivity index (χ0v) is 15.2. The van der Waals surface area contributed by atoms with Gasteiger partial charge in [0.25, 0.3) is 0 Å². The average molecular weight is 356 g/mol. The molecule has 0 fully saturated rings. The number of benzene rings is 2. The lowest BCUT2D eigenvalue weighted by atomic mass is 10.1. The fourth-order valence-corrected chi connectivity index (χ4v) is 2.29. The minimum Gasteiger partial charge on any atom is -0.481 e. The molecule has 0 aliphatic heterocycles. The quantitative estimate of drug-likeness (QED) is 0.726. The lowest BCUT2D eigenvalue weighted by molar-refractivity contribution is -0.136. The molecule has 6 heteroatoms. The first-order chi connectivity index (χ1) is 12.2. The summed E-state index contributed by atoms with van der Waals surface area (Å²) in [4.78, 5) is 22.4. The maximum absolute atomic E-state index is 11.7. The number of anilines is 2. The minimum absolute atomic E-state index is 0.00605. The smallest absolute Gasteiger partial charge is 0.407 e. The van der Waals surface area contributed by atoms with E-state index in [0.29, 0.717) is 6.54 Å². The van der Waals surface area contributed by atoms with Gasteiger partial charge in [0.2, 0.25) is 0 Å². The number of carbonyl (C=O) groups is 2. The van der Waals surface area contributed by atoms with Crippen molar-refractivity contribution in [2.24, 2.45) is 0 Å². The Morgan fingerprint density at radius 2 is 1.69 bits per heavy atom. The monoisotopic (exact) mass is 356 g/mol. The molecule has 2 aromatic rings. The molecule has 0 spiro atoms. The predicted octanol–water partition coefficient (Wildman–Crippen LogP) is 4.08. The Bertz CT molecular complexity index is 764. The molecular formula is C20H24N2O4. The van der Waals surface area contributed by atoms with Gasteiger partial charge in [-0.25, -0.2) is 4.79 Å². The highest BCUT2D eigenvalue weighted by molar-refractivity contribution is 5.71. The topological polar surface area (TPSA) is 87.7 Å². The Balaban J connectivity index is 1.94. The van der Waals surface area contributed by atoms with Gasteiger partial charge in [0.05, 0.1) is 6.42 Å². The van der Waals surface area contributed by atoms with Crippen molar-refractivity contribution in [3.05, 3.63) is 59.7 Å². The van der Waals surface area contributed by atoms with Crippen molar-refractivity contribution in [3.8, 4) is 0 Å². The molecule has 0 aromatic heterocycles. The van der Waals surface area contributed by atoms with Gasteiger partial charge in [-0.2, -0.15) is 0 Å². The van der Waals surface area contributed by atoms with Gasteiger partial charge in [0.1, 0.15) is 5.60 Å². The third kappa shape index (κ3) is 6.84. The SMILES string of the molecule is CC(C)(C)OC(=O)NCc1cccc(Nc2ccc(CC(=O)O)cc2)c1. The number of carboxylic acid groups (broad SMARTS) is 1. The van der Waals surface area contributed by atoms with Crippen molar-refractivity contribution >= 4 is 23.4 Å². The van der Waals surface area contributed by atoms with E-state index in [1.807, 2.05) is 57.2 Å². The van der Waals surface area contributed by atoms with E-state index < -0.39 is 17.7 Å². The Morgan fingerprint density at radius 3 is 2.31 bits per heavy atom. The summed E-state index contributed by atoms with van der Waals surface area (Å²) in [5, 5.41) is 14.8. The molecule has 138 valence electrons. The molecule has 2 rings (SSSR count). The van der Waals surface area contributed by atoms with Gasteiger partial charge >= 0.3 is 12.1 Å². The number of amides is 1. The first-order valence-corrected chi connectivity index (χ1v) is 8.35. The van der Waals surface area contributed by atoms with Crippen LogP contribution in [0.2, 0.25) is 0 Å². The van der Waals surface area contributed by atoms with E-state index >= 15 is 0 Å². The summed E-state index contributed by atoms with van der Waals surface area (Å²) in [5.41, 5.74) is 2.89. The summed E-state index contributed by atoms with van der Waals surface area (Å²) >= 11 is 0. The highest BCUT2D eigenvalue weighted by atomic mass is 16.6. The van der Waals surface area contributed by atoms with Crippen LogP contribution in [0, 0.1) is 0 Å². The third-order valence-electron chi connectivity index (χ3n) is 3.36. The molecule has 6 nitrogen and oxygen atoms in total. The van der Waals surface area contributed by atoms with Crippen LogP contribution in [-0.4, -0.2) is 22.8 Å². The van der Waals surface area contributed by atoms with Crippen LogP contribution in [0.25, 0.3) is 0 Å². The van der Waals surface area contributed by atoms with E-state index in [4.69, 9.17) is 9.84 Å². The van der Waals surface area contributed by atoms with Crippen LogP contribution in [0.5, 0.6) is 0 Å². The number of hydrogen-bond acceptors (Lipinski definition) is 4. The molecule has 0 radical (unpaired) electrons. The van der Waals surface area contributed by atoms with Crippen LogP contribution in [0.3, 0.4) is 0 Å². The molecule has 0 saturated carbocycles. The first kappa shape index (κ1) is 19.3. The highest BCUT2D eigenvalue weighted by Gasteiger charge is 2.15. The minimum atomic E-state index is -0.851. The zero-order valence-electron chi connectivity index (χ0n) is 15.2. The number of rotatable bonds is 6. The molecule has 26 heavy (non-hydrogen) atoms. The molecular weight excluding hydrogens is 332 g/mol. The van der Waals surface area contributed by atoms with Gasteiger partial charge in [-0.05, 0) is 56.2 Å². The van der Waals surface area contributed by atoms with E-state index in [-0.39, 0.29) is 6.42 Å². The van der Waals surface area contributed by atoms with Gasteiger partial charge in [-0.1, -0.05) is 24.3 Å². The third-order valence-corrected chi connectivity index (χ3v) is 3.36. The molecule has 1 amide bonds. The molecule has 2 aromatic carbocycles. The number of carboxylic acids is 1. The van der Waals surface area contributed by atoms with E-state index in [2.05, 4.69) is 10.6 Å². The van der Waals surface area contributed by atoms with E-state index in [0.717, 1.165) is 22.5 Å². The summed E-state index contributed by atoms with van der Waals surface area (Å²) in [6.07, 6.45) is -0.448. The van der Waals surface area contributed by atoms with Crippen molar-refractivity contribution in [2.75, 3.05) is 5.32 Å². The molecule has 0 saturated heterocycles. The number of aliphatic carboxylic acids is 1. The maximum Gasteiger partial charge on any atom is 0.407 e. The largest absolute Gasteiger partial charge is 0.481 e. The Hall–Kier alpha value is -3.02. The Morgan fingerprint density at radius 1 is 1.00 bits per heavy atom. The molecule has 0 heterocycles. The van der Waals surface area contributed by atoms with Gasteiger partial charge in [0.15, 0.2) is 0 Å². The van der Waals surface area contributed by atoms with E-state index in [9.17, 15) is 9.59 Å². The van der Waals surface area contributed by atoms with Crippen molar-refractivity contribution in [2.45, 2.75) is 39.3 Å². The fraction of sp³-hybridized carbons (Fsp3) is 0.300. The van der Waals surface area contributed by atoms with Gasteiger partial charge in [0, 0.05) is 17.9 Å². The molecule has 0 bridgehead atoms. The summed E-state index contributed by atoms with van der Waals surface area (Å²) in [6, 6.07) is 14.9. The summed E-state index contributed by atoms with van der Waals surface area (Å²) in [5.74, 6) is -0.851. The molecule has 0 atom stereocenters. The first-order valence-electron chi connectivity index (χ1n) is 8.35. The number of nitrogens with one attached hydrogen (secondary N) is 2. The van der Waals surface area contributed by atoms with Crippen molar-refractivity contribution in [1.82, 2.24) is 5.32 Å². The molecule has 3 N–H and O–H groups in total. The second-order valence-corrected chi connectivity index (χ2v) is 6.95. The van der Waals surface area contributed by atoms with Crippen molar-refractivity contribution in [1.29, 1.82) is 0 Å². The van der Waals surface area contributed by atoms with Gasteiger partial charge in [-0.3, -0.25) is 4.79 Å². The second kappa shape index (κ2) is 8.38. The standard InChI is InChI=1S/C20H24N2O4/c1-20(2,3)26-19(25)21-13-15-5-4-6-17(11-15)22-16-9-7-14(8-10-16)12-18(23)24/h4-11,22H,12-13H2,1-3H3,(H,21,25)(H,23,24). The van der Waals surface area contributed by atoms with Gasteiger partial charge < -0.3 is 20.5 Å². The average Bonchev–Trinajstić information content (AvgIpc) is 2.53. The van der Waals surface area contributed by atoms with Crippen LogP contribution in [0.15, 0.2) is 48.5 Å². The molecule has 0 unspecified atom stereocenters. The van der Waals surface area contributed by atoms with Crippen LogP contribution < -0.4 is 10.6 Å². The van der Waals surface area contributed by atoms with Crippen LogP contribution >= 0.6 is 0 Å². The normalized spacial score (nSPS) is 10.9. The Kier molecular flexibility index (Phi) is 6.22. The lowest BCUT2D eigenvalue weighted by Crippen LogP contribution is -2.32. The number of hydrogen-bond donors (Lipinski definition) is 3. The zero-order chi connectivity index (χ0) is 19.2. The van der Waals surface area contributed by atoms with E-state index in [1.54, 1.807) is 12.1 Å². The number of alkyl carbamates (subject to hydrolysis) is 1. The Labute approximate surface area is 153 Å². The summed E-state index contributed by atoms with van der Waals surface area (Å²) in [7, 11) is 0. The second-order valence-electron chi connectivity index (χ2n) is 6.95. The van der Waals surface area contributed by atoms with Crippen molar-refractivity contribution in [3.63, 3.8) is 0 Å². The lowest BCUT2D eigenvalue weighted by Gasteiger charge is -2.19.